The quantitative estimate of drug-likeness (QED) is 0.871. The molecule has 2 aliphatic rings. The average Bonchev–Trinajstić information content (AvgIpc) is 2.81. The zero-order chi connectivity index (χ0) is 13.4. The first-order chi connectivity index (χ1) is 9.15. The van der Waals surface area contributed by atoms with E-state index in [4.69, 9.17) is 5.73 Å². The molecule has 2 heterocycles. The molecule has 1 aromatic carbocycles. The van der Waals surface area contributed by atoms with Crippen molar-refractivity contribution in [2.75, 3.05) is 24.5 Å². The highest BCUT2D eigenvalue weighted by Crippen LogP contribution is 2.33. The second-order valence-electron chi connectivity index (χ2n) is 5.40. The molecule has 2 unspecified atom stereocenters. The van der Waals surface area contributed by atoms with E-state index in [1.807, 2.05) is 12.1 Å². The van der Waals surface area contributed by atoms with Gasteiger partial charge >= 0.3 is 0 Å². The molecule has 4 nitrogen and oxygen atoms in total. The number of hydrogen-bond donors (Lipinski definition) is 2. The number of rotatable bonds is 2. The van der Waals surface area contributed by atoms with Gasteiger partial charge in [-0.1, -0.05) is 0 Å². The number of benzene rings is 1. The van der Waals surface area contributed by atoms with Gasteiger partial charge in [0.15, 0.2) is 0 Å². The van der Waals surface area contributed by atoms with Crippen molar-refractivity contribution < 1.29 is 4.79 Å². The number of nitrogens with two attached hydrogens (primary N) is 1. The lowest BCUT2D eigenvalue weighted by Crippen LogP contribution is -2.40. The molecule has 0 radical (unpaired) electrons. The summed E-state index contributed by atoms with van der Waals surface area (Å²) in [4.78, 5) is 13.6. The maximum absolute atomic E-state index is 11.2. The van der Waals surface area contributed by atoms with Crippen LogP contribution in [0.4, 0.5) is 5.69 Å². The fourth-order valence-corrected chi connectivity index (χ4v) is 3.79. The van der Waals surface area contributed by atoms with E-state index in [1.165, 1.54) is 12.8 Å². The van der Waals surface area contributed by atoms with Crippen molar-refractivity contribution in [3.05, 3.63) is 28.2 Å². The predicted octanol–water partition coefficient (Wildman–Crippen LogP) is 1.74. The molecule has 0 saturated carbocycles. The lowest BCUT2D eigenvalue weighted by Gasteiger charge is -2.24. The van der Waals surface area contributed by atoms with Gasteiger partial charge in [0.2, 0.25) is 5.91 Å². The van der Waals surface area contributed by atoms with Gasteiger partial charge in [-0.05, 0) is 59.4 Å². The van der Waals surface area contributed by atoms with Gasteiger partial charge < -0.3 is 16.0 Å². The average molecular weight is 324 g/mol. The first-order valence-electron chi connectivity index (χ1n) is 6.73. The molecule has 0 spiro atoms. The summed E-state index contributed by atoms with van der Waals surface area (Å²) in [5.74, 6) is 0.362. The fraction of sp³-hybridized carbons (Fsp3) is 0.500. The summed E-state index contributed by atoms with van der Waals surface area (Å²) < 4.78 is 0.947. The summed E-state index contributed by atoms with van der Waals surface area (Å²) in [5.41, 5.74) is 7.00. The summed E-state index contributed by atoms with van der Waals surface area (Å²) in [6.07, 6.45) is 2.59. The molecule has 0 aromatic heterocycles. The Morgan fingerprint density at radius 1 is 1.42 bits per heavy atom. The van der Waals surface area contributed by atoms with Crippen molar-refractivity contribution in [2.45, 2.75) is 18.9 Å². The Morgan fingerprint density at radius 3 is 2.95 bits per heavy atom. The Labute approximate surface area is 121 Å². The number of carbonyl (C=O) groups is 1. The van der Waals surface area contributed by atoms with E-state index in [1.54, 1.807) is 6.07 Å². The second kappa shape index (κ2) is 5.13. The van der Waals surface area contributed by atoms with Crippen LogP contribution in [0.2, 0.25) is 0 Å². The van der Waals surface area contributed by atoms with Crippen LogP contribution in [0.25, 0.3) is 0 Å². The smallest absolute Gasteiger partial charge is 0.248 e. The molecule has 2 aliphatic heterocycles. The Morgan fingerprint density at radius 2 is 2.26 bits per heavy atom. The van der Waals surface area contributed by atoms with Gasteiger partial charge in [-0.15, -0.1) is 0 Å². The monoisotopic (exact) mass is 323 g/mol. The highest BCUT2D eigenvalue weighted by molar-refractivity contribution is 9.10. The Kier molecular flexibility index (Phi) is 3.50. The summed E-state index contributed by atoms with van der Waals surface area (Å²) in [6, 6.07) is 6.21. The van der Waals surface area contributed by atoms with Gasteiger partial charge in [0.1, 0.15) is 0 Å². The van der Waals surface area contributed by atoms with E-state index >= 15 is 0 Å². The zero-order valence-corrected chi connectivity index (χ0v) is 12.3. The molecule has 1 aromatic rings. The first kappa shape index (κ1) is 12.9. The van der Waals surface area contributed by atoms with E-state index in [2.05, 4.69) is 26.1 Å². The zero-order valence-electron chi connectivity index (χ0n) is 10.7. The van der Waals surface area contributed by atoms with Gasteiger partial charge in [-0.2, -0.15) is 0 Å². The van der Waals surface area contributed by atoms with Crippen LogP contribution in [-0.4, -0.2) is 31.6 Å². The minimum Gasteiger partial charge on any atom is -0.369 e. The third-order valence-corrected chi connectivity index (χ3v) is 4.81. The van der Waals surface area contributed by atoms with Crippen molar-refractivity contribution in [3.8, 4) is 0 Å². The van der Waals surface area contributed by atoms with Crippen LogP contribution in [-0.2, 0) is 0 Å². The van der Waals surface area contributed by atoms with Crippen molar-refractivity contribution in [1.29, 1.82) is 0 Å². The minimum atomic E-state index is -0.385. The predicted molar refractivity (Wildman–Crippen MR) is 79.4 cm³/mol. The number of halogens is 1. The Balaban J connectivity index is 1.81. The molecular formula is C14H18BrN3O. The van der Waals surface area contributed by atoms with E-state index in [0.29, 0.717) is 11.6 Å². The Bertz CT molecular complexity index is 491. The van der Waals surface area contributed by atoms with Crippen LogP contribution in [0.5, 0.6) is 0 Å². The van der Waals surface area contributed by atoms with Crippen molar-refractivity contribution >= 4 is 27.5 Å². The molecule has 19 heavy (non-hydrogen) atoms. The summed E-state index contributed by atoms with van der Waals surface area (Å²) in [5, 5.41) is 3.60. The highest BCUT2D eigenvalue weighted by Gasteiger charge is 2.34. The number of primary amides is 1. The third kappa shape index (κ3) is 2.49. The van der Waals surface area contributed by atoms with E-state index < -0.39 is 0 Å². The van der Waals surface area contributed by atoms with Crippen LogP contribution < -0.4 is 16.0 Å². The molecule has 0 aliphatic carbocycles. The number of nitrogens with zero attached hydrogens (tertiary/aromatic N) is 1. The number of fused-ring (bicyclic) bond motifs is 1. The van der Waals surface area contributed by atoms with Crippen LogP contribution in [0.3, 0.4) is 0 Å². The third-order valence-electron chi connectivity index (χ3n) is 4.17. The summed E-state index contributed by atoms with van der Waals surface area (Å²) >= 11 is 3.55. The molecule has 102 valence electrons. The largest absolute Gasteiger partial charge is 0.369 e. The molecule has 0 bridgehead atoms. The van der Waals surface area contributed by atoms with Crippen molar-refractivity contribution in [3.63, 3.8) is 0 Å². The van der Waals surface area contributed by atoms with Crippen molar-refractivity contribution in [1.82, 2.24) is 5.32 Å². The molecule has 2 atom stereocenters. The minimum absolute atomic E-state index is 0.385. The summed E-state index contributed by atoms with van der Waals surface area (Å²) in [7, 11) is 0. The van der Waals surface area contributed by atoms with Gasteiger partial charge in [0.05, 0.1) is 5.69 Å². The second-order valence-corrected chi connectivity index (χ2v) is 6.25. The van der Waals surface area contributed by atoms with E-state index in [9.17, 15) is 4.79 Å². The standard InChI is InChI=1S/C14H18BrN3O/c15-11-6-9(14(16)19)3-4-13(11)18-7-10-2-1-5-17-12(10)8-18/h3-4,6,10,12,17H,1-2,5,7-8H2,(H2,16,19). The van der Waals surface area contributed by atoms with Gasteiger partial charge in [0, 0.05) is 29.2 Å². The molecule has 3 N–H and O–H groups in total. The maximum atomic E-state index is 11.2. The molecule has 2 saturated heterocycles. The molecule has 5 heteroatoms. The van der Waals surface area contributed by atoms with Gasteiger partial charge in [-0.3, -0.25) is 4.79 Å². The normalized spacial score (nSPS) is 26.3. The SMILES string of the molecule is NC(=O)c1ccc(N2CC3CCCNC3C2)c(Br)c1. The Hall–Kier alpha value is -1.07. The molecular weight excluding hydrogens is 306 g/mol. The highest BCUT2D eigenvalue weighted by atomic mass is 79.9. The molecule has 3 rings (SSSR count). The first-order valence-corrected chi connectivity index (χ1v) is 7.52. The maximum Gasteiger partial charge on any atom is 0.248 e. The lowest BCUT2D eigenvalue weighted by atomic mass is 9.94. The van der Waals surface area contributed by atoms with Crippen LogP contribution in [0, 0.1) is 5.92 Å². The summed E-state index contributed by atoms with van der Waals surface area (Å²) in [6.45, 7) is 3.27. The van der Waals surface area contributed by atoms with Crippen LogP contribution >= 0.6 is 15.9 Å². The van der Waals surface area contributed by atoms with E-state index in [0.717, 1.165) is 35.7 Å². The number of hydrogen-bond acceptors (Lipinski definition) is 3. The molecule has 2 fully saturated rings. The van der Waals surface area contributed by atoms with Gasteiger partial charge in [0.25, 0.3) is 0 Å². The molecule has 1 amide bonds. The number of anilines is 1. The number of carbonyl (C=O) groups excluding carboxylic acids is 1. The van der Waals surface area contributed by atoms with Crippen LogP contribution in [0.15, 0.2) is 22.7 Å². The number of piperidine rings is 1. The van der Waals surface area contributed by atoms with E-state index in [-0.39, 0.29) is 5.91 Å². The fourth-order valence-electron chi connectivity index (χ4n) is 3.16. The van der Waals surface area contributed by atoms with Gasteiger partial charge in [-0.25, -0.2) is 0 Å². The lowest BCUT2D eigenvalue weighted by molar-refractivity contribution is 0.100. The number of nitrogens with one attached hydrogen (secondary N) is 1. The topological polar surface area (TPSA) is 58.4 Å². The van der Waals surface area contributed by atoms with Crippen LogP contribution in [0.1, 0.15) is 23.2 Å². The number of amides is 1. The van der Waals surface area contributed by atoms with Crippen molar-refractivity contribution in [2.24, 2.45) is 11.7 Å².